The van der Waals surface area contributed by atoms with Crippen molar-refractivity contribution in [2.75, 3.05) is 24.7 Å². The van der Waals surface area contributed by atoms with Gasteiger partial charge in [0.2, 0.25) is 0 Å². The Morgan fingerprint density at radius 3 is 2.09 bits per heavy atom. The molecule has 0 heterocycles. The van der Waals surface area contributed by atoms with Gasteiger partial charge in [-0.2, -0.15) is 0 Å². The molecule has 0 radical (unpaired) electrons. The van der Waals surface area contributed by atoms with Crippen molar-refractivity contribution in [3.8, 4) is 5.75 Å². The Morgan fingerprint density at radius 2 is 1.56 bits per heavy atom. The normalized spacial score (nSPS) is 12.1. The van der Waals surface area contributed by atoms with E-state index in [4.69, 9.17) is 4.74 Å². The van der Waals surface area contributed by atoms with Crippen molar-refractivity contribution in [3.05, 3.63) is 83.9 Å². The van der Waals surface area contributed by atoms with Crippen LogP contribution in [0.2, 0.25) is 0 Å². The van der Waals surface area contributed by atoms with Crippen LogP contribution < -0.4 is 14.4 Å². The number of sulfonamides is 1. The quantitative estimate of drug-likeness (QED) is 0.482. The van der Waals surface area contributed by atoms with Gasteiger partial charge in [0, 0.05) is 17.5 Å². The van der Waals surface area contributed by atoms with Crippen LogP contribution in [0.3, 0.4) is 0 Å². The van der Waals surface area contributed by atoms with Crippen LogP contribution >= 0.6 is 11.8 Å². The fourth-order valence-electron chi connectivity index (χ4n) is 3.12. The first-order valence-electron chi connectivity index (χ1n) is 9.94. The van der Waals surface area contributed by atoms with Gasteiger partial charge in [0.25, 0.3) is 15.9 Å². The molecule has 1 amide bonds. The minimum absolute atomic E-state index is 0.194. The summed E-state index contributed by atoms with van der Waals surface area (Å²) in [5, 5.41) is 2.95. The maximum atomic E-state index is 12.9. The summed E-state index contributed by atoms with van der Waals surface area (Å²) in [7, 11) is -0.594. The molecule has 0 aliphatic carbocycles. The third kappa shape index (κ3) is 5.26. The van der Waals surface area contributed by atoms with Gasteiger partial charge in [0.05, 0.1) is 23.7 Å². The summed E-state index contributed by atoms with van der Waals surface area (Å²) >= 11 is 1.55. The van der Waals surface area contributed by atoms with Crippen LogP contribution in [0.5, 0.6) is 5.75 Å². The fourth-order valence-corrected chi connectivity index (χ4v) is 4.73. The van der Waals surface area contributed by atoms with E-state index in [1.165, 1.54) is 11.4 Å². The number of carbonyl (C=O) groups is 1. The maximum absolute atomic E-state index is 12.9. The van der Waals surface area contributed by atoms with E-state index in [1.807, 2.05) is 37.4 Å². The molecule has 6 nitrogen and oxygen atoms in total. The molecule has 0 spiro atoms. The van der Waals surface area contributed by atoms with Crippen molar-refractivity contribution in [1.29, 1.82) is 0 Å². The molecular formula is C24H26N2O4S2. The predicted octanol–water partition coefficient (Wildman–Crippen LogP) is 4.73. The number of anilines is 1. The summed E-state index contributed by atoms with van der Waals surface area (Å²) in [6.07, 6.45) is 1.94. The highest BCUT2D eigenvalue weighted by Gasteiger charge is 2.21. The second-order valence-electron chi connectivity index (χ2n) is 7.16. The monoisotopic (exact) mass is 470 g/mol. The Bertz CT molecular complexity index is 1160. The second kappa shape index (κ2) is 10.1. The van der Waals surface area contributed by atoms with Gasteiger partial charge < -0.3 is 10.1 Å². The molecule has 168 valence electrons. The number of methoxy groups -OCH3 is 1. The predicted molar refractivity (Wildman–Crippen MR) is 129 cm³/mol. The standard InChI is InChI=1S/C24H26N2O4S2/c1-17(18-7-11-21(30-3)12-8-18)25-24(27)19-5-9-20(10-6-19)26(2)32(28,29)23-15-13-22(31-4)14-16-23/h5-17H,1-4H3,(H,25,27). The number of hydrogen-bond acceptors (Lipinski definition) is 5. The minimum atomic E-state index is -3.70. The van der Waals surface area contributed by atoms with Gasteiger partial charge in [-0.25, -0.2) is 8.42 Å². The average Bonchev–Trinajstić information content (AvgIpc) is 2.83. The van der Waals surface area contributed by atoms with Crippen LogP contribution in [0.4, 0.5) is 5.69 Å². The molecule has 32 heavy (non-hydrogen) atoms. The van der Waals surface area contributed by atoms with Gasteiger partial charge in [-0.05, 0) is 79.4 Å². The van der Waals surface area contributed by atoms with Crippen LogP contribution in [0, 0.1) is 0 Å². The largest absolute Gasteiger partial charge is 0.497 e. The molecule has 3 rings (SSSR count). The van der Waals surface area contributed by atoms with E-state index in [0.717, 1.165) is 16.2 Å². The van der Waals surface area contributed by atoms with E-state index in [9.17, 15) is 13.2 Å². The van der Waals surface area contributed by atoms with Gasteiger partial charge >= 0.3 is 0 Å². The van der Waals surface area contributed by atoms with Crippen molar-refractivity contribution in [2.45, 2.75) is 22.8 Å². The lowest BCUT2D eigenvalue weighted by atomic mass is 10.1. The molecule has 0 aromatic heterocycles. The van der Waals surface area contributed by atoms with Crippen LogP contribution in [0.25, 0.3) is 0 Å². The number of rotatable bonds is 8. The molecule has 0 fully saturated rings. The third-order valence-electron chi connectivity index (χ3n) is 5.17. The summed E-state index contributed by atoms with van der Waals surface area (Å²) in [6, 6.07) is 20.5. The molecule has 1 atom stereocenters. The molecule has 3 aromatic carbocycles. The molecule has 1 unspecified atom stereocenters. The molecule has 0 saturated carbocycles. The molecule has 3 aromatic rings. The van der Waals surface area contributed by atoms with Crippen LogP contribution in [0.15, 0.2) is 82.6 Å². The number of ether oxygens (including phenoxy) is 1. The van der Waals surface area contributed by atoms with Crippen molar-refractivity contribution >= 4 is 33.4 Å². The number of nitrogens with zero attached hydrogens (tertiary/aromatic N) is 1. The number of carbonyl (C=O) groups excluding carboxylic acids is 1. The van der Waals surface area contributed by atoms with Crippen molar-refractivity contribution in [1.82, 2.24) is 5.32 Å². The van der Waals surface area contributed by atoms with E-state index >= 15 is 0 Å². The van der Waals surface area contributed by atoms with E-state index in [1.54, 1.807) is 67.4 Å². The van der Waals surface area contributed by atoms with Crippen LogP contribution in [-0.2, 0) is 10.0 Å². The van der Waals surface area contributed by atoms with Crippen LogP contribution in [0.1, 0.15) is 28.9 Å². The Kier molecular flexibility index (Phi) is 7.48. The van der Waals surface area contributed by atoms with Gasteiger partial charge in [-0.3, -0.25) is 9.10 Å². The highest BCUT2D eigenvalue weighted by Crippen LogP contribution is 2.25. The topological polar surface area (TPSA) is 75.7 Å². The number of thioether (sulfide) groups is 1. The zero-order valence-corrected chi connectivity index (χ0v) is 20.0. The molecule has 1 N–H and O–H groups in total. The summed E-state index contributed by atoms with van der Waals surface area (Å²) in [5.41, 5.74) is 1.87. The van der Waals surface area contributed by atoms with E-state index in [0.29, 0.717) is 11.3 Å². The van der Waals surface area contributed by atoms with Gasteiger partial charge in [0.15, 0.2) is 0 Å². The summed E-state index contributed by atoms with van der Waals surface area (Å²) < 4.78 is 32.2. The van der Waals surface area contributed by atoms with E-state index < -0.39 is 10.0 Å². The van der Waals surface area contributed by atoms with Crippen molar-refractivity contribution < 1.29 is 17.9 Å². The minimum Gasteiger partial charge on any atom is -0.497 e. The van der Waals surface area contributed by atoms with Crippen molar-refractivity contribution in [2.24, 2.45) is 0 Å². The van der Waals surface area contributed by atoms with E-state index in [2.05, 4.69) is 5.32 Å². The Hall–Kier alpha value is -2.97. The zero-order chi connectivity index (χ0) is 23.3. The Morgan fingerprint density at radius 1 is 0.969 bits per heavy atom. The molecule has 0 aliphatic rings. The third-order valence-corrected chi connectivity index (χ3v) is 7.72. The zero-order valence-electron chi connectivity index (χ0n) is 18.4. The number of amides is 1. The first-order chi connectivity index (χ1) is 15.3. The molecule has 0 saturated heterocycles. The van der Waals surface area contributed by atoms with Crippen LogP contribution in [-0.4, -0.2) is 34.7 Å². The first-order valence-corrected chi connectivity index (χ1v) is 12.6. The number of benzene rings is 3. The molecule has 8 heteroatoms. The lowest BCUT2D eigenvalue weighted by molar-refractivity contribution is 0.0940. The average molecular weight is 471 g/mol. The van der Waals surface area contributed by atoms with Gasteiger partial charge in [0.1, 0.15) is 5.75 Å². The highest BCUT2D eigenvalue weighted by molar-refractivity contribution is 7.98. The molecule has 0 bridgehead atoms. The summed E-state index contributed by atoms with van der Waals surface area (Å²) in [6.45, 7) is 1.90. The SMILES string of the molecule is COc1ccc(C(C)NC(=O)c2ccc(N(C)S(=O)(=O)c3ccc(SC)cc3)cc2)cc1. The smallest absolute Gasteiger partial charge is 0.264 e. The van der Waals surface area contributed by atoms with Gasteiger partial charge in [-0.15, -0.1) is 11.8 Å². The summed E-state index contributed by atoms with van der Waals surface area (Å²) in [5.74, 6) is 0.514. The molecule has 0 aliphatic heterocycles. The Labute approximate surface area is 193 Å². The lowest BCUT2D eigenvalue weighted by Gasteiger charge is -2.20. The van der Waals surface area contributed by atoms with E-state index in [-0.39, 0.29) is 16.8 Å². The maximum Gasteiger partial charge on any atom is 0.264 e. The van der Waals surface area contributed by atoms with Gasteiger partial charge in [-0.1, -0.05) is 12.1 Å². The number of hydrogen-bond donors (Lipinski definition) is 1. The highest BCUT2D eigenvalue weighted by atomic mass is 32.2. The number of nitrogens with one attached hydrogen (secondary N) is 1. The second-order valence-corrected chi connectivity index (χ2v) is 10.0. The Balaban J connectivity index is 1.70. The molecular weight excluding hydrogens is 444 g/mol. The fraction of sp³-hybridized carbons (Fsp3) is 0.208. The first kappa shape index (κ1) is 23.7. The van der Waals surface area contributed by atoms with Crippen molar-refractivity contribution in [3.63, 3.8) is 0 Å². The summed E-state index contributed by atoms with van der Waals surface area (Å²) in [4.78, 5) is 13.8. The lowest BCUT2D eigenvalue weighted by Crippen LogP contribution is -2.28.